The lowest BCUT2D eigenvalue weighted by atomic mass is 10.2. The standard InChI is InChI=1S/C9H8F2INO/c1-5-4-6(12)2-3-7(5)13-9(14)8(10)11/h2-4,8H,1H3,(H,13,14). The van der Waals surface area contributed by atoms with Gasteiger partial charge in [0.1, 0.15) is 0 Å². The molecule has 1 rings (SSSR count). The number of rotatable bonds is 2. The molecule has 0 fully saturated rings. The van der Waals surface area contributed by atoms with Crippen molar-refractivity contribution in [2.75, 3.05) is 5.32 Å². The minimum atomic E-state index is -2.98. The smallest absolute Gasteiger partial charge is 0.315 e. The first-order valence-electron chi connectivity index (χ1n) is 3.86. The Morgan fingerprint density at radius 2 is 2.14 bits per heavy atom. The number of nitrogens with one attached hydrogen (secondary N) is 1. The van der Waals surface area contributed by atoms with Gasteiger partial charge in [0.15, 0.2) is 0 Å². The number of benzene rings is 1. The maximum Gasteiger partial charge on any atom is 0.315 e. The molecule has 1 N–H and O–H groups in total. The lowest BCUT2D eigenvalue weighted by Crippen LogP contribution is -2.20. The first-order chi connectivity index (χ1) is 6.50. The molecule has 0 aromatic heterocycles. The van der Waals surface area contributed by atoms with Crippen LogP contribution in [0.25, 0.3) is 0 Å². The number of anilines is 1. The van der Waals surface area contributed by atoms with Crippen molar-refractivity contribution in [1.82, 2.24) is 0 Å². The quantitative estimate of drug-likeness (QED) is 0.836. The summed E-state index contributed by atoms with van der Waals surface area (Å²) >= 11 is 2.11. The Hall–Kier alpha value is -0.720. The normalized spacial score (nSPS) is 10.4. The molecule has 5 heteroatoms. The molecule has 0 bridgehead atoms. The average Bonchev–Trinajstić information content (AvgIpc) is 2.09. The van der Waals surface area contributed by atoms with E-state index in [-0.39, 0.29) is 0 Å². The van der Waals surface area contributed by atoms with Crippen molar-refractivity contribution < 1.29 is 13.6 Å². The maximum atomic E-state index is 11.9. The Kier molecular flexibility index (Phi) is 3.79. The van der Waals surface area contributed by atoms with E-state index in [2.05, 4.69) is 27.9 Å². The van der Waals surface area contributed by atoms with Gasteiger partial charge in [-0.1, -0.05) is 0 Å². The van der Waals surface area contributed by atoms with Crippen LogP contribution in [0.2, 0.25) is 0 Å². The summed E-state index contributed by atoms with van der Waals surface area (Å²) in [5.41, 5.74) is 1.20. The van der Waals surface area contributed by atoms with Gasteiger partial charge in [-0.3, -0.25) is 4.79 Å². The van der Waals surface area contributed by atoms with Crippen LogP contribution < -0.4 is 5.32 Å². The SMILES string of the molecule is Cc1cc(I)ccc1NC(=O)C(F)F. The number of aryl methyl sites for hydroxylation is 1. The Labute approximate surface area is 93.8 Å². The summed E-state index contributed by atoms with van der Waals surface area (Å²) in [6.07, 6.45) is -2.98. The van der Waals surface area contributed by atoms with Gasteiger partial charge in [0, 0.05) is 9.26 Å². The third kappa shape index (κ3) is 2.90. The molecule has 0 atom stereocenters. The lowest BCUT2D eigenvalue weighted by molar-refractivity contribution is -0.126. The summed E-state index contributed by atoms with van der Waals surface area (Å²) in [5, 5.41) is 2.14. The zero-order valence-corrected chi connectivity index (χ0v) is 9.51. The highest BCUT2D eigenvalue weighted by atomic mass is 127. The zero-order valence-electron chi connectivity index (χ0n) is 7.35. The minimum Gasteiger partial charge on any atom is -0.321 e. The number of hydrogen-bond donors (Lipinski definition) is 1. The minimum absolute atomic E-state index is 0.427. The van der Waals surface area contributed by atoms with Crippen LogP contribution in [0.5, 0.6) is 0 Å². The maximum absolute atomic E-state index is 11.9. The third-order valence-corrected chi connectivity index (χ3v) is 2.32. The zero-order chi connectivity index (χ0) is 10.7. The van der Waals surface area contributed by atoms with Gasteiger partial charge in [-0.05, 0) is 53.3 Å². The van der Waals surface area contributed by atoms with E-state index in [1.165, 1.54) is 0 Å². The van der Waals surface area contributed by atoms with Crippen molar-refractivity contribution in [3.8, 4) is 0 Å². The van der Waals surface area contributed by atoms with E-state index in [4.69, 9.17) is 0 Å². The summed E-state index contributed by atoms with van der Waals surface area (Å²) in [5.74, 6) is -1.27. The van der Waals surface area contributed by atoms with E-state index in [1.54, 1.807) is 19.1 Å². The van der Waals surface area contributed by atoms with E-state index in [0.29, 0.717) is 5.69 Å². The molecule has 0 saturated carbocycles. The fraction of sp³-hybridized carbons (Fsp3) is 0.222. The van der Waals surface area contributed by atoms with Crippen LogP contribution in [0.4, 0.5) is 14.5 Å². The highest BCUT2D eigenvalue weighted by molar-refractivity contribution is 14.1. The first-order valence-corrected chi connectivity index (χ1v) is 4.94. The Balaban J connectivity index is 2.82. The van der Waals surface area contributed by atoms with E-state index in [0.717, 1.165) is 9.13 Å². The van der Waals surface area contributed by atoms with Crippen molar-refractivity contribution in [2.45, 2.75) is 13.3 Å². The molecule has 1 aromatic rings. The summed E-state index contributed by atoms with van der Waals surface area (Å²) in [4.78, 5) is 10.7. The number of amides is 1. The molecule has 0 saturated heterocycles. The van der Waals surface area contributed by atoms with Gasteiger partial charge in [-0.15, -0.1) is 0 Å². The topological polar surface area (TPSA) is 29.1 Å². The highest BCUT2D eigenvalue weighted by Gasteiger charge is 2.15. The van der Waals surface area contributed by atoms with Crippen molar-refractivity contribution in [2.24, 2.45) is 0 Å². The molecule has 0 aliphatic rings. The van der Waals surface area contributed by atoms with Crippen molar-refractivity contribution in [3.63, 3.8) is 0 Å². The van der Waals surface area contributed by atoms with Gasteiger partial charge in [-0.2, -0.15) is 8.78 Å². The first kappa shape index (κ1) is 11.4. The van der Waals surface area contributed by atoms with Crippen LogP contribution in [-0.2, 0) is 4.79 Å². The second kappa shape index (κ2) is 4.68. The Morgan fingerprint density at radius 3 is 2.64 bits per heavy atom. The predicted octanol–water partition coefficient (Wildman–Crippen LogP) is 2.80. The molecular weight excluding hydrogens is 303 g/mol. The van der Waals surface area contributed by atoms with Gasteiger partial charge in [0.2, 0.25) is 0 Å². The highest BCUT2D eigenvalue weighted by Crippen LogP contribution is 2.18. The van der Waals surface area contributed by atoms with Crippen LogP contribution in [0.3, 0.4) is 0 Å². The molecule has 0 aliphatic heterocycles. The summed E-state index contributed by atoms with van der Waals surface area (Å²) < 4.78 is 24.8. The largest absolute Gasteiger partial charge is 0.321 e. The van der Waals surface area contributed by atoms with E-state index >= 15 is 0 Å². The van der Waals surface area contributed by atoms with Gasteiger partial charge in [0.25, 0.3) is 5.91 Å². The predicted molar refractivity (Wildman–Crippen MR) is 58.5 cm³/mol. The molecule has 0 radical (unpaired) electrons. The summed E-state index contributed by atoms with van der Waals surface area (Å²) in [7, 11) is 0. The van der Waals surface area contributed by atoms with Crippen LogP contribution in [0.15, 0.2) is 18.2 Å². The van der Waals surface area contributed by atoms with Gasteiger partial charge >= 0.3 is 6.43 Å². The van der Waals surface area contributed by atoms with Crippen LogP contribution in [-0.4, -0.2) is 12.3 Å². The molecule has 14 heavy (non-hydrogen) atoms. The molecule has 0 heterocycles. The van der Waals surface area contributed by atoms with Crippen LogP contribution >= 0.6 is 22.6 Å². The monoisotopic (exact) mass is 311 g/mol. The number of alkyl halides is 2. The average molecular weight is 311 g/mol. The molecule has 1 aromatic carbocycles. The molecule has 0 unspecified atom stereocenters. The molecule has 0 aliphatic carbocycles. The van der Waals surface area contributed by atoms with Crippen molar-refractivity contribution >= 4 is 34.2 Å². The van der Waals surface area contributed by atoms with Crippen molar-refractivity contribution in [3.05, 3.63) is 27.3 Å². The number of carbonyl (C=O) groups is 1. The molecule has 1 amide bonds. The van der Waals surface area contributed by atoms with Crippen LogP contribution in [0, 0.1) is 10.5 Å². The van der Waals surface area contributed by atoms with Gasteiger partial charge in [0.05, 0.1) is 0 Å². The number of hydrogen-bond acceptors (Lipinski definition) is 1. The van der Waals surface area contributed by atoms with E-state index < -0.39 is 12.3 Å². The number of carbonyl (C=O) groups excluding carboxylic acids is 1. The second-order valence-corrected chi connectivity index (χ2v) is 3.99. The van der Waals surface area contributed by atoms with Crippen molar-refractivity contribution in [1.29, 1.82) is 0 Å². The molecular formula is C9H8F2INO. The van der Waals surface area contributed by atoms with Crippen LogP contribution in [0.1, 0.15) is 5.56 Å². The van der Waals surface area contributed by atoms with Gasteiger partial charge < -0.3 is 5.32 Å². The lowest BCUT2D eigenvalue weighted by Gasteiger charge is -2.07. The fourth-order valence-electron chi connectivity index (χ4n) is 0.955. The van der Waals surface area contributed by atoms with E-state index in [1.807, 2.05) is 6.07 Å². The Bertz CT molecular complexity index is 355. The summed E-state index contributed by atoms with van der Waals surface area (Å²) in [6, 6.07) is 5.16. The third-order valence-electron chi connectivity index (χ3n) is 1.64. The second-order valence-electron chi connectivity index (χ2n) is 2.75. The molecule has 0 spiro atoms. The number of halogens is 3. The molecule has 2 nitrogen and oxygen atoms in total. The Morgan fingerprint density at radius 1 is 1.50 bits per heavy atom. The van der Waals surface area contributed by atoms with E-state index in [9.17, 15) is 13.6 Å². The fourth-order valence-corrected chi connectivity index (χ4v) is 1.60. The molecule has 76 valence electrons. The van der Waals surface area contributed by atoms with Gasteiger partial charge in [-0.25, -0.2) is 0 Å². The summed E-state index contributed by atoms with van der Waals surface area (Å²) in [6.45, 7) is 1.75.